The van der Waals surface area contributed by atoms with E-state index in [-0.39, 0.29) is 17.1 Å². The Bertz CT molecular complexity index is 778. The molecule has 9 heteroatoms. The van der Waals surface area contributed by atoms with E-state index in [0.29, 0.717) is 0 Å². The first-order chi connectivity index (χ1) is 11.9. The number of hydrogen-bond acceptors (Lipinski definition) is 6. The van der Waals surface area contributed by atoms with E-state index in [2.05, 4.69) is 5.32 Å². The van der Waals surface area contributed by atoms with Crippen molar-refractivity contribution >= 4 is 23.3 Å². The summed E-state index contributed by atoms with van der Waals surface area (Å²) < 4.78 is 22.5. The highest BCUT2D eigenvalue weighted by atomic mass is 19.1. The number of carbonyl (C=O) groups is 2. The van der Waals surface area contributed by atoms with Gasteiger partial charge in [0.05, 0.1) is 4.92 Å². The molecule has 8 nitrogen and oxygen atoms in total. The average molecular weight is 348 g/mol. The topological polar surface area (TPSA) is 108 Å². The van der Waals surface area contributed by atoms with Crippen LogP contribution >= 0.6 is 0 Å². The van der Waals surface area contributed by atoms with Crippen LogP contribution in [0.3, 0.4) is 0 Å². The average Bonchev–Trinajstić information content (AvgIpc) is 2.59. The first-order valence-electron chi connectivity index (χ1n) is 7.02. The molecule has 130 valence electrons. The summed E-state index contributed by atoms with van der Waals surface area (Å²) in [4.78, 5) is 33.2. The van der Waals surface area contributed by atoms with Gasteiger partial charge in [-0.25, -0.2) is 9.18 Å². The third kappa shape index (κ3) is 5.90. The van der Waals surface area contributed by atoms with Gasteiger partial charge in [0, 0.05) is 17.8 Å². The molecule has 0 atom stereocenters. The van der Waals surface area contributed by atoms with Crippen LogP contribution < -0.4 is 10.1 Å². The molecule has 1 N–H and O–H groups in total. The minimum absolute atomic E-state index is 0.178. The van der Waals surface area contributed by atoms with E-state index >= 15 is 0 Å². The van der Waals surface area contributed by atoms with Crippen LogP contribution in [0, 0.1) is 15.9 Å². The van der Waals surface area contributed by atoms with Crippen LogP contribution in [0.5, 0.6) is 5.75 Å². The Morgan fingerprint density at radius 1 is 1.12 bits per heavy atom. The first kappa shape index (κ1) is 17.9. The SMILES string of the molecule is O=C(COC(=O)COc1ccc(F)cc1)Nc1cccc([N+](=O)[O-])c1. The number of nitro groups is 1. The Morgan fingerprint density at radius 3 is 2.52 bits per heavy atom. The highest BCUT2D eigenvalue weighted by Gasteiger charge is 2.11. The number of halogens is 1. The Kier molecular flexibility index (Phi) is 5.99. The summed E-state index contributed by atoms with van der Waals surface area (Å²) in [6.07, 6.45) is 0. The summed E-state index contributed by atoms with van der Waals surface area (Å²) >= 11 is 0. The number of nitrogens with one attached hydrogen (secondary N) is 1. The zero-order valence-electron chi connectivity index (χ0n) is 12.8. The van der Waals surface area contributed by atoms with Gasteiger partial charge in [0.25, 0.3) is 11.6 Å². The second-order valence-electron chi connectivity index (χ2n) is 4.76. The van der Waals surface area contributed by atoms with E-state index in [1.807, 2.05) is 0 Å². The summed E-state index contributed by atoms with van der Waals surface area (Å²) in [6, 6.07) is 10.4. The van der Waals surface area contributed by atoms with Crippen molar-refractivity contribution in [3.05, 3.63) is 64.5 Å². The van der Waals surface area contributed by atoms with Crippen molar-refractivity contribution in [3.63, 3.8) is 0 Å². The number of non-ortho nitro benzene ring substituents is 1. The van der Waals surface area contributed by atoms with Gasteiger partial charge in [0.2, 0.25) is 0 Å². The van der Waals surface area contributed by atoms with Gasteiger partial charge >= 0.3 is 5.97 Å². The maximum absolute atomic E-state index is 12.7. The lowest BCUT2D eigenvalue weighted by Gasteiger charge is -2.08. The number of nitrogens with zero attached hydrogens (tertiary/aromatic N) is 1. The van der Waals surface area contributed by atoms with Gasteiger partial charge in [-0.1, -0.05) is 6.07 Å². The summed E-state index contributed by atoms with van der Waals surface area (Å²) in [5.41, 5.74) is 0.0281. The predicted molar refractivity (Wildman–Crippen MR) is 84.6 cm³/mol. The summed E-state index contributed by atoms with van der Waals surface area (Å²) in [5.74, 6) is -1.61. The zero-order chi connectivity index (χ0) is 18.2. The second kappa shape index (κ2) is 8.39. The quantitative estimate of drug-likeness (QED) is 0.467. The minimum Gasteiger partial charge on any atom is -0.482 e. The van der Waals surface area contributed by atoms with Gasteiger partial charge in [-0.15, -0.1) is 0 Å². The number of carbonyl (C=O) groups excluding carboxylic acids is 2. The van der Waals surface area contributed by atoms with Crippen molar-refractivity contribution in [2.45, 2.75) is 0 Å². The van der Waals surface area contributed by atoms with Crippen LogP contribution in [0.4, 0.5) is 15.8 Å². The number of amides is 1. The van der Waals surface area contributed by atoms with Crippen LogP contribution in [0.1, 0.15) is 0 Å². The van der Waals surface area contributed by atoms with E-state index in [9.17, 15) is 24.1 Å². The molecule has 0 unspecified atom stereocenters. The molecule has 0 radical (unpaired) electrons. The van der Waals surface area contributed by atoms with Gasteiger partial charge in [0.15, 0.2) is 13.2 Å². The molecule has 0 spiro atoms. The van der Waals surface area contributed by atoms with Gasteiger partial charge in [-0.3, -0.25) is 14.9 Å². The fourth-order valence-electron chi connectivity index (χ4n) is 1.76. The Labute approximate surface area is 141 Å². The number of benzene rings is 2. The summed E-state index contributed by atoms with van der Waals surface area (Å²) in [6.45, 7) is -1.02. The van der Waals surface area contributed by atoms with Crippen molar-refractivity contribution < 1.29 is 28.4 Å². The molecule has 0 saturated heterocycles. The molecule has 0 saturated carbocycles. The van der Waals surface area contributed by atoms with Crippen molar-refractivity contribution in [2.75, 3.05) is 18.5 Å². The lowest BCUT2D eigenvalue weighted by Crippen LogP contribution is -2.23. The van der Waals surface area contributed by atoms with E-state index in [1.165, 1.54) is 48.5 Å². The van der Waals surface area contributed by atoms with Gasteiger partial charge in [-0.05, 0) is 30.3 Å². The summed E-state index contributed by atoms with van der Waals surface area (Å²) in [7, 11) is 0. The van der Waals surface area contributed by atoms with Gasteiger partial charge in [0.1, 0.15) is 11.6 Å². The Hall–Kier alpha value is -3.49. The third-order valence-electron chi connectivity index (χ3n) is 2.88. The molecule has 0 aliphatic heterocycles. The molecule has 0 bridgehead atoms. The number of nitro benzene ring substituents is 1. The largest absolute Gasteiger partial charge is 0.482 e. The molecule has 1 amide bonds. The Morgan fingerprint density at radius 2 is 1.84 bits per heavy atom. The number of esters is 1. The zero-order valence-corrected chi connectivity index (χ0v) is 12.8. The predicted octanol–water partition coefficient (Wildman–Crippen LogP) is 2.29. The van der Waals surface area contributed by atoms with Crippen LogP contribution in [0.15, 0.2) is 48.5 Å². The van der Waals surface area contributed by atoms with Crippen molar-refractivity contribution in [3.8, 4) is 5.75 Å². The number of ether oxygens (including phenoxy) is 2. The smallest absolute Gasteiger partial charge is 0.344 e. The first-order valence-corrected chi connectivity index (χ1v) is 7.02. The molecule has 0 fully saturated rings. The lowest BCUT2D eigenvalue weighted by atomic mass is 10.3. The molecular weight excluding hydrogens is 335 g/mol. The fraction of sp³-hybridized carbons (Fsp3) is 0.125. The molecule has 0 heterocycles. The van der Waals surface area contributed by atoms with E-state index in [1.54, 1.807) is 0 Å². The molecule has 2 aromatic rings. The van der Waals surface area contributed by atoms with Crippen LogP contribution in [-0.2, 0) is 14.3 Å². The monoisotopic (exact) mass is 348 g/mol. The van der Waals surface area contributed by atoms with Gasteiger partial charge in [-0.2, -0.15) is 0 Å². The normalized spacial score (nSPS) is 9.96. The molecule has 0 aromatic heterocycles. The standard InChI is InChI=1S/C16H13FN2O6/c17-11-4-6-14(7-5-11)24-10-16(21)25-9-15(20)18-12-2-1-3-13(8-12)19(22)23/h1-8H,9-10H2,(H,18,20). The maximum Gasteiger partial charge on any atom is 0.344 e. The lowest BCUT2D eigenvalue weighted by molar-refractivity contribution is -0.384. The Balaban J connectivity index is 1.75. The maximum atomic E-state index is 12.7. The fourth-order valence-corrected chi connectivity index (χ4v) is 1.76. The molecule has 2 aromatic carbocycles. The molecule has 25 heavy (non-hydrogen) atoms. The molecular formula is C16H13FN2O6. The highest BCUT2D eigenvalue weighted by Crippen LogP contribution is 2.16. The molecule has 0 aliphatic rings. The van der Waals surface area contributed by atoms with E-state index < -0.39 is 35.8 Å². The van der Waals surface area contributed by atoms with Crippen LogP contribution in [0.2, 0.25) is 0 Å². The summed E-state index contributed by atoms with van der Waals surface area (Å²) in [5, 5.41) is 13.0. The third-order valence-corrected chi connectivity index (χ3v) is 2.88. The minimum atomic E-state index is -0.793. The van der Waals surface area contributed by atoms with Crippen LogP contribution in [0.25, 0.3) is 0 Å². The number of rotatable bonds is 7. The number of hydrogen-bond donors (Lipinski definition) is 1. The van der Waals surface area contributed by atoms with Crippen molar-refractivity contribution in [1.29, 1.82) is 0 Å². The molecule has 2 rings (SSSR count). The highest BCUT2D eigenvalue weighted by molar-refractivity contribution is 5.93. The van der Waals surface area contributed by atoms with Crippen molar-refractivity contribution in [1.82, 2.24) is 0 Å². The van der Waals surface area contributed by atoms with E-state index in [0.717, 1.165) is 0 Å². The number of anilines is 1. The van der Waals surface area contributed by atoms with Gasteiger partial charge < -0.3 is 14.8 Å². The van der Waals surface area contributed by atoms with Crippen LogP contribution in [-0.4, -0.2) is 30.0 Å². The van der Waals surface area contributed by atoms with E-state index in [4.69, 9.17) is 9.47 Å². The molecule has 0 aliphatic carbocycles. The van der Waals surface area contributed by atoms with Crippen molar-refractivity contribution in [2.24, 2.45) is 0 Å². The second-order valence-corrected chi connectivity index (χ2v) is 4.76.